The van der Waals surface area contributed by atoms with E-state index in [1.54, 1.807) is 32.0 Å². The van der Waals surface area contributed by atoms with Gasteiger partial charge in [0, 0.05) is 23.1 Å². The molecule has 0 unspecified atom stereocenters. The predicted octanol–water partition coefficient (Wildman–Crippen LogP) is 4.86. The molecule has 6 nitrogen and oxygen atoms in total. The minimum atomic E-state index is -0.513. The van der Waals surface area contributed by atoms with Gasteiger partial charge < -0.3 is 9.73 Å². The molecule has 2 aromatic carbocycles. The number of benzene rings is 2. The maximum absolute atomic E-state index is 12.5. The van der Waals surface area contributed by atoms with Gasteiger partial charge in [0.15, 0.2) is 11.3 Å². The summed E-state index contributed by atoms with van der Waals surface area (Å²) in [5.74, 6) is -0.354. The minimum Gasteiger partial charge on any atom is -0.449 e. The van der Waals surface area contributed by atoms with Crippen LogP contribution in [0.15, 0.2) is 40.8 Å². The summed E-state index contributed by atoms with van der Waals surface area (Å²) < 4.78 is 5.60. The fraction of sp³-hybridized carbons (Fsp3) is 0.118. The molecule has 1 aromatic heterocycles. The molecule has 0 radical (unpaired) electrons. The van der Waals surface area contributed by atoms with E-state index in [4.69, 9.17) is 16.0 Å². The summed E-state index contributed by atoms with van der Waals surface area (Å²) in [6.07, 6.45) is 0. The van der Waals surface area contributed by atoms with Crippen molar-refractivity contribution >= 4 is 39.9 Å². The largest absolute Gasteiger partial charge is 0.449 e. The molecule has 1 amide bonds. The second-order valence-corrected chi connectivity index (χ2v) is 5.79. The Morgan fingerprint density at radius 1 is 1.25 bits per heavy atom. The maximum atomic E-state index is 12.5. The van der Waals surface area contributed by atoms with Crippen molar-refractivity contribution in [2.75, 3.05) is 5.32 Å². The molecule has 0 saturated carbocycles. The first-order valence-electron chi connectivity index (χ1n) is 7.12. The molecule has 1 N–H and O–H groups in total. The number of halogens is 1. The van der Waals surface area contributed by atoms with E-state index < -0.39 is 10.8 Å². The van der Waals surface area contributed by atoms with E-state index in [9.17, 15) is 14.9 Å². The Morgan fingerprint density at radius 2 is 2.00 bits per heavy atom. The van der Waals surface area contributed by atoms with E-state index in [0.29, 0.717) is 27.4 Å². The van der Waals surface area contributed by atoms with Crippen LogP contribution in [0.3, 0.4) is 0 Å². The van der Waals surface area contributed by atoms with Crippen LogP contribution in [-0.4, -0.2) is 10.8 Å². The molecule has 7 heteroatoms. The van der Waals surface area contributed by atoms with Gasteiger partial charge in [0.05, 0.1) is 15.6 Å². The third kappa shape index (κ3) is 2.72. The summed E-state index contributed by atoms with van der Waals surface area (Å²) in [7, 11) is 0. The van der Waals surface area contributed by atoms with Crippen LogP contribution in [0, 0.1) is 24.0 Å². The number of fused-ring (bicyclic) bond motifs is 1. The SMILES string of the molecule is Cc1ccc([N+](=O)[O-])cc1NC(=O)c1oc2c(Cl)cccc2c1C. The number of nitrogens with zero attached hydrogens (tertiary/aromatic N) is 1. The van der Waals surface area contributed by atoms with Crippen LogP contribution in [0.5, 0.6) is 0 Å². The molecular formula is C17H13ClN2O4. The fourth-order valence-corrected chi connectivity index (χ4v) is 2.68. The van der Waals surface area contributed by atoms with Gasteiger partial charge in [-0.05, 0) is 25.5 Å². The number of anilines is 1. The zero-order valence-corrected chi connectivity index (χ0v) is 13.7. The summed E-state index contributed by atoms with van der Waals surface area (Å²) in [6, 6.07) is 9.56. The molecular weight excluding hydrogens is 332 g/mol. The topological polar surface area (TPSA) is 85.4 Å². The van der Waals surface area contributed by atoms with Crippen LogP contribution in [0.2, 0.25) is 5.02 Å². The number of para-hydroxylation sites is 1. The number of hydrogen-bond donors (Lipinski definition) is 1. The number of carbonyl (C=O) groups is 1. The number of rotatable bonds is 3. The second kappa shape index (κ2) is 5.98. The lowest BCUT2D eigenvalue weighted by Crippen LogP contribution is -2.13. The molecule has 0 saturated heterocycles. The number of carbonyl (C=O) groups excluding carboxylic acids is 1. The summed E-state index contributed by atoms with van der Waals surface area (Å²) in [6.45, 7) is 3.51. The number of furan rings is 1. The first-order valence-corrected chi connectivity index (χ1v) is 7.50. The average Bonchev–Trinajstić information content (AvgIpc) is 2.88. The molecule has 0 atom stereocenters. The van der Waals surface area contributed by atoms with Crippen molar-refractivity contribution in [2.45, 2.75) is 13.8 Å². The molecule has 1 heterocycles. The maximum Gasteiger partial charge on any atom is 0.291 e. The number of nitrogens with one attached hydrogen (secondary N) is 1. The summed E-state index contributed by atoms with van der Waals surface area (Å²) in [5.41, 5.74) is 2.08. The van der Waals surface area contributed by atoms with Gasteiger partial charge in [-0.25, -0.2) is 0 Å². The van der Waals surface area contributed by atoms with Crippen molar-refractivity contribution in [3.05, 3.63) is 68.4 Å². The lowest BCUT2D eigenvalue weighted by molar-refractivity contribution is -0.384. The van der Waals surface area contributed by atoms with Gasteiger partial charge >= 0.3 is 0 Å². The highest BCUT2D eigenvalue weighted by Crippen LogP contribution is 2.31. The van der Waals surface area contributed by atoms with Gasteiger partial charge in [-0.3, -0.25) is 14.9 Å². The van der Waals surface area contributed by atoms with Crippen molar-refractivity contribution in [3.8, 4) is 0 Å². The van der Waals surface area contributed by atoms with Crippen LogP contribution >= 0.6 is 11.6 Å². The summed E-state index contributed by atoms with van der Waals surface area (Å²) >= 11 is 6.09. The highest BCUT2D eigenvalue weighted by molar-refractivity contribution is 6.35. The third-order valence-electron chi connectivity index (χ3n) is 3.80. The summed E-state index contributed by atoms with van der Waals surface area (Å²) in [5, 5.41) is 14.7. The van der Waals surface area contributed by atoms with Crippen LogP contribution < -0.4 is 5.32 Å². The van der Waals surface area contributed by atoms with Crippen molar-refractivity contribution in [1.29, 1.82) is 0 Å². The van der Waals surface area contributed by atoms with Crippen LogP contribution in [0.25, 0.3) is 11.0 Å². The second-order valence-electron chi connectivity index (χ2n) is 5.38. The van der Waals surface area contributed by atoms with Crippen LogP contribution in [0.1, 0.15) is 21.7 Å². The zero-order chi connectivity index (χ0) is 17.4. The van der Waals surface area contributed by atoms with Gasteiger partial charge in [0.25, 0.3) is 11.6 Å². The first-order chi connectivity index (χ1) is 11.4. The lowest BCUT2D eigenvalue weighted by atomic mass is 10.1. The Hall–Kier alpha value is -2.86. The normalized spacial score (nSPS) is 10.8. The van der Waals surface area contributed by atoms with E-state index in [-0.39, 0.29) is 11.4 Å². The third-order valence-corrected chi connectivity index (χ3v) is 4.10. The zero-order valence-electron chi connectivity index (χ0n) is 12.9. The first kappa shape index (κ1) is 16.0. The van der Waals surface area contributed by atoms with Crippen molar-refractivity contribution in [2.24, 2.45) is 0 Å². The lowest BCUT2D eigenvalue weighted by Gasteiger charge is -2.07. The Balaban J connectivity index is 1.99. The van der Waals surface area contributed by atoms with Gasteiger partial charge in [-0.1, -0.05) is 29.8 Å². The fourth-order valence-electron chi connectivity index (χ4n) is 2.46. The van der Waals surface area contributed by atoms with Crippen molar-refractivity contribution in [1.82, 2.24) is 0 Å². The van der Waals surface area contributed by atoms with Crippen molar-refractivity contribution < 1.29 is 14.1 Å². The monoisotopic (exact) mass is 344 g/mol. The van der Waals surface area contributed by atoms with E-state index in [0.717, 1.165) is 5.39 Å². The number of non-ortho nitro benzene ring substituents is 1. The number of hydrogen-bond acceptors (Lipinski definition) is 4. The number of nitro benzene ring substituents is 1. The number of amides is 1. The molecule has 3 rings (SSSR count). The predicted molar refractivity (Wildman–Crippen MR) is 91.7 cm³/mol. The Kier molecular flexibility index (Phi) is 3.99. The van der Waals surface area contributed by atoms with E-state index in [1.807, 2.05) is 6.07 Å². The summed E-state index contributed by atoms with van der Waals surface area (Å²) in [4.78, 5) is 22.9. The van der Waals surface area contributed by atoms with Gasteiger partial charge in [0.2, 0.25) is 0 Å². The molecule has 0 bridgehead atoms. The van der Waals surface area contributed by atoms with Crippen LogP contribution in [-0.2, 0) is 0 Å². The van der Waals surface area contributed by atoms with E-state index in [1.165, 1.54) is 12.1 Å². The molecule has 0 aliphatic rings. The van der Waals surface area contributed by atoms with Gasteiger partial charge in [0.1, 0.15) is 0 Å². The molecule has 0 aliphatic heterocycles. The van der Waals surface area contributed by atoms with Gasteiger partial charge in [-0.15, -0.1) is 0 Å². The number of aryl methyl sites for hydroxylation is 2. The highest BCUT2D eigenvalue weighted by Gasteiger charge is 2.20. The molecule has 0 aliphatic carbocycles. The van der Waals surface area contributed by atoms with E-state index >= 15 is 0 Å². The standard InChI is InChI=1S/C17H13ClN2O4/c1-9-6-7-11(20(22)23)8-14(9)19-17(21)15-10(2)12-4-3-5-13(18)16(12)24-15/h3-8H,1-2H3,(H,19,21). The Labute approximate surface area is 142 Å². The molecule has 122 valence electrons. The quantitative estimate of drug-likeness (QED) is 0.543. The smallest absolute Gasteiger partial charge is 0.291 e. The molecule has 3 aromatic rings. The minimum absolute atomic E-state index is 0.0970. The average molecular weight is 345 g/mol. The highest BCUT2D eigenvalue weighted by atomic mass is 35.5. The molecule has 0 fully saturated rings. The Morgan fingerprint density at radius 3 is 2.67 bits per heavy atom. The van der Waals surface area contributed by atoms with Crippen molar-refractivity contribution in [3.63, 3.8) is 0 Å². The Bertz CT molecular complexity index is 978. The van der Waals surface area contributed by atoms with Gasteiger partial charge in [-0.2, -0.15) is 0 Å². The molecule has 24 heavy (non-hydrogen) atoms. The number of nitro groups is 1. The van der Waals surface area contributed by atoms with E-state index in [2.05, 4.69) is 5.32 Å². The molecule has 0 spiro atoms. The van der Waals surface area contributed by atoms with Crippen LogP contribution in [0.4, 0.5) is 11.4 Å².